The van der Waals surface area contributed by atoms with Gasteiger partial charge in [0.25, 0.3) is 0 Å². The number of Topliss-reactive ketones (excluding diaryl/α,β-unsaturated/α-hetero) is 1. The lowest BCUT2D eigenvalue weighted by Gasteiger charge is -1.99. The van der Waals surface area contributed by atoms with Gasteiger partial charge in [-0.05, 0) is 52.2 Å². The third-order valence-corrected chi connectivity index (χ3v) is 4.56. The Morgan fingerprint density at radius 3 is 2.76 bits per heavy atom. The van der Waals surface area contributed by atoms with Crippen molar-refractivity contribution < 1.29 is 9.18 Å². The van der Waals surface area contributed by atoms with Crippen LogP contribution in [-0.4, -0.2) is 5.78 Å². The van der Waals surface area contributed by atoms with Crippen LogP contribution in [0.15, 0.2) is 34.1 Å². The third-order valence-electron chi connectivity index (χ3n) is 2.39. The van der Waals surface area contributed by atoms with Crippen molar-refractivity contribution in [2.45, 2.75) is 13.3 Å². The molecular formula is C13H10BrFOS. The van der Waals surface area contributed by atoms with Crippen molar-refractivity contribution in [3.63, 3.8) is 0 Å². The third kappa shape index (κ3) is 3.01. The smallest absolute Gasteiger partial charge is 0.177 e. The molecule has 0 aliphatic rings. The zero-order chi connectivity index (χ0) is 12.4. The van der Waals surface area contributed by atoms with Gasteiger partial charge in [0.05, 0.1) is 8.66 Å². The lowest BCUT2D eigenvalue weighted by molar-refractivity contribution is 0.0997. The van der Waals surface area contributed by atoms with Crippen molar-refractivity contribution in [2.75, 3.05) is 0 Å². The zero-order valence-corrected chi connectivity index (χ0v) is 11.6. The average Bonchev–Trinajstić information content (AvgIpc) is 2.59. The fourth-order valence-electron chi connectivity index (χ4n) is 1.52. The van der Waals surface area contributed by atoms with E-state index in [-0.39, 0.29) is 18.0 Å². The van der Waals surface area contributed by atoms with Gasteiger partial charge in [-0.3, -0.25) is 4.79 Å². The Hall–Kier alpha value is -1.00. The van der Waals surface area contributed by atoms with Crippen molar-refractivity contribution >= 4 is 33.0 Å². The molecule has 2 aromatic rings. The minimum Gasteiger partial charge on any atom is -0.293 e. The van der Waals surface area contributed by atoms with Crippen LogP contribution in [0.4, 0.5) is 4.39 Å². The van der Waals surface area contributed by atoms with E-state index in [2.05, 4.69) is 15.9 Å². The molecule has 0 atom stereocenters. The fraction of sp³-hybridized carbons (Fsp3) is 0.154. The highest BCUT2D eigenvalue weighted by Gasteiger charge is 2.12. The van der Waals surface area contributed by atoms with Crippen LogP contribution < -0.4 is 0 Å². The van der Waals surface area contributed by atoms with Crippen molar-refractivity contribution in [1.82, 2.24) is 0 Å². The molecule has 0 bridgehead atoms. The summed E-state index contributed by atoms with van der Waals surface area (Å²) in [6, 6.07) is 8.01. The molecule has 0 saturated carbocycles. The number of carbonyl (C=O) groups is 1. The van der Waals surface area contributed by atoms with E-state index in [1.54, 1.807) is 12.1 Å². The molecule has 0 unspecified atom stereocenters. The van der Waals surface area contributed by atoms with Crippen LogP contribution in [0.2, 0.25) is 0 Å². The summed E-state index contributed by atoms with van der Waals surface area (Å²) in [6.07, 6.45) is 0.240. The van der Waals surface area contributed by atoms with Gasteiger partial charge in [-0.15, -0.1) is 11.3 Å². The molecule has 17 heavy (non-hydrogen) atoms. The van der Waals surface area contributed by atoms with Gasteiger partial charge in [0.2, 0.25) is 0 Å². The van der Waals surface area contributed by atoms with E-state index in [1.807, 2.05) is 13.0 Å². The molecule has 0 spiro atoms. The van der Waals surface area contributed by atoms with Crippen LogP contribution >= 0.6 is 27.3 Å². The van der Waals surface area contributed by atoms with Gasteiger partial charge in [-0.2, -0.15) is 0 Å². The molecule has 1 aromatic heterocycles. The van der Waals surface area contributed by atoms with Crippen LogP contribution in [0, 0.1) is 12.7 Å². The van der Waals surface area contributed by atoms with Crippen LogP contribution in [0.1, 0.15) is 20.8 Å². The molecule has 2 rings (SSSR count). The van der Waals surface area contributed by atoms with Gasteiger partial charge in [0.1, 0.15) is 5.82 Å². The minimum absolute atomic E-state index is 0.0226. The molecule has 1 heterocycles. The Kier molecular flexibility index (Phi) is 3.74. The van der Waals surface area contributed by atoms with Crippen LogP contribution in [-0.2, 0) is 6.42 Å². The lowest BCUT2D eigenvalue weighted by atomic mass is 10.1. The second kappa shape index (κ2) is 5.10. The zero-order valence-electron chi connectivity index (χ0n) is 9.17. The number of halogens is 2. The maximum absolute atomic E-state index is 13.0. The second-order valence-corrected chi connectivity index (χ2v) is 6.17. The number of hydrogen-bond donors (Lipinski definition) is 0. The number of rotatable bonds is 3. The molecule has 0 N–H and O–H groups in total. The molecule has 0 aliphatic carbocycles. The maximum atomic E-state index is 13.0. The maximum Gasteiger partial charge on any atom is 0.177 e. The number of ketones is 1. The number of aryl methyl sites for hydroxylation is 1. The molecule has 1 nitrogen and oxygen atoms in total. The van der Waals surface area contributed by atoms with Crippen molar-refractivity contribution in [2.24, 2.45) is 0 Å². The Morgan fingerprint density at radius 1 is 1.41 bits per heavy atom. The summed E-state index contributed by atoms with van der Waals surface area (Å²) in [5, 5.41) is 0. The van der Waals surface area contributed by atoms with E-state index in [0.29, 0.717) is 10.4 Å². The first-order valence-corrected chi connectivity index (χ1v) is 6.71. The van der Waals surface area contributed by atoms with E-state index in [0.717, 1.165) is 9.35 Å². The molecule has 1 aromatic carbocycles. The van der Waals surface area contributed by atoms with Crippen molar-refractivity contribution in [1.29, 1.82) is 0 Å². The van der Waals surface area contributed by atoms with Crippen LogP contribution in [0.5, 0.6) is 0 Å². The van der Waals surface area contributed by atoms with E-state index < -0.39 is 0 Å². The first-order valence-electron chi connectivity index (χ1n) is 5.10. The van der Waals surface area contributed by atoms with Crippen LogP contribution in [0.25, 0.3) is 0 Å². The van der Waals surface area contributed by atoms with Gasteiger partial charge in [-0.25, -0.2) is 4.39 Å². The minimum atomic E-state index is -0.307. The highest BCUT2D eigenvalue weighted by Crippen LogP contribution is 2.28. The summed E-state index contributed by atoms with van der Waals surface area (Å²) in [6.45, 7) is 1.94. The Balaban J connectivity index is 2.17. The molecule has 88 valence electrons. The van der Waals surface area contributed by atoms with Gasteiger partial charge in [0, 0.05) is 6.42 Å². The Morgan fingerprint density at radius 2 is 2.18 bits per heavy atom. The van der Waals surface area contributed by atoms with Gasteiger partial charge in [0.15, 0.2) is 5.78 Å². The number of hydrogen-bond acceptors (Lipinski definition) is 2. The predicted molar refractivity (Wildman–Crippen MR) is 71.2 cm³/mol. The largest absolute Gasteiger partial charge is 0.293 e. The number of carbonyl (C=O) groups excluding carboxylic acids is 1. The topological polar surface area (TPSA) is 17.1 Å². The molecule has 0 amide bonds. The predicted octanol–water partition coefficient (Wildman–Crippen LogP) is 4.38. The molecule has 4 heteroatoms. The first kappa shape index (κ1) is 12.5. The quantitative estimate of drug-likeness (QED) is 0.768. The van der Waals surface area contributed by atoms with E-state index in [1.165, 1.54) is 23.5 Å². The lowest BCUT2D eigenvalue weighted by Crippen LogP contribution is -2.01. The fourth-order valence-corrected chi connectivity index (χ4v) is 2.99. The Labute approximate surface area is 111 Å². The SMILES string of the molecule is Cc1cc(C(=O)Cc2cccc(F)c2)sc1Br. The highest BCUT2D eigenvalue weighted by atomic mass is 79.9. The van der Waals surface area contributed by atoms with E-state index in [9.17, 15) is 9.18 Å². The van der Waals surface area contributed by atoms with Gasteiger partial charge >= 0.3 is 0 Å². The second-order valence-electron chi connectivity index (χ2n) is 3.80. The van der Waals surface area contributed by atoms with E-state index in [4.69, 9.17) is 0 Å². The number of benzene rings is 1. The van der Waals surface area contributed by atoms with Gasteiger partial charge in [-0.1, -0.05) is 12.1 Å². The highest BCUT2D eigenvalue weighted by molar-refractivity contribution is 9.11. The molecular weight excluding hydrogens is 303 g/mol. The summed E-state index contributed by atoms with van der Waals surface area (Å²) >= 11 is 4.81. The number of thiophene rings is 1. The summed E-state index contributed by atoms with van der Waals surface area (Å²) in [4.78, 5) is 12.7. The van der Waals surface area contributed by atoms with Crippen LogP contribution in [0.3, 0.4) is 0 Å². The van der Waals surface area contributed by atoms with Gasteiger partial charge < -0.3 is 0 Å². The monoisotopic (exact) mass is 312 g/mol. The summed E-state index contributed by atoms with van der Waals surface area (Å²) in [7, 11) is 0. The molecule has 0 fully saturated rings. The summed E-state index contributed by atoms with van der Waals surface area (Å²) in [5.41, 5.74) is 1.76. The summed E-state index contributed by atoms with van der Waals surface area (Å²) in [5.74, 6) is -0.284. The Bertz CT molecular complexity index is 543. The summed E-state index contributed by atoms with van der Waals surface area (Å²) < 4.78 is 13.9. The first-order chi connectivity index (χ1) is 8.06. The molecule has 0 radical (unpaired) electrons. The average molecular weight is 313 g/mol. The van der Waals surface area contributed by atoms with E-state index >= 15 is 0 Å². The normalized spacial score (nSPS) is 10.5. The standard InChI is InChI=1S/C13H10BrFOS/c1-8-5-12(17-13(8)14)11(16)7-9-3-2-4-10(15)6-9/h2-6H,7H2,1H3. The molecule has 0 saturated heterocycles. The van der Waals surface area contributed by atoms with Crippen molar-refractivity contribution in [3.8, 4) is 0 Å². The van der Waals surface area contributed by atoms with Crippen molar-refractivity contribution in [3.05, 3.63) is 55.9 Å². The molecule has 0 aliphatic heterocycles.